The lowest BCUT2D eigenvalue weighted by Gasteiger charge is -2.29. The largest absolute Gasteiger partial charge is 0.481 e. The summed E-state index contributed by atoms with van der Waals surface area (Å²) >= 11 is 0. The van der Waals surface area contributed by atoms with Gasteiger partial charge in [0, 0.05) is 31.8 Å². The van der Waals surface area contributed by atoms with E-state index in [1.54, 1.807) is 12.2 Å². The fraction of sp³-hybridized carbons (Fsp3) is 0.467. The summed E-state index contributed by atoms with van der Waals surface area (Å²) in [5, 5.41) is 25.9. The number of benzene rings is 3. The Hall–Kier alpha value is -4.61. The fourth-order valence-electron chi connectivity index (χ4n) is 7.85. The van der Waals surface area contributed by atoms with E-state index in [1.165, 1.54) is 0 Å². The van der Waals surface area contributed by atoms with Crippen molar-refractivity contribution in [1.29, 1.82) is 0 Å². The zero-order valence-electron chi connectivity index (χ0n) is 33.4. The number of carbonyl (C=O) groups excluding carboxylic acids is 2. The van der Waals surface area contributed by atoms with Gasteiger partial charge in [0.2, 0.25) is 11.8 Å². The van der Waals surface area contributed by atoms with E-state index < -0.39 is 50.3 Å². The molecule has 0 saturated carbocycles. The van der Waals surface area contributed by atoms with Crippen LogP contribution in [-0.2, 0) is 23.9 Å². The molecular weight excluding hydrogens is 787 g/mol. The molecule has 9 nitrogen and oxygen atoms in total. The number of carbonyl (C=O) groups is 4. The first-order valence-electron chi connectivity index (χ1n) is 20.3. The number of allylic oxidation sites excluding steroid dienone is 2. The van der Waals surface area contributed by atoms with Gasteiger partial charge in [0.05, 0.1) is 18.4 Å². The first-order valence-corrected chi connectivity index (χ1v) is 22.3. The number of ether oxygens (including phenoxy) is 1. The number of unbranched alkanes of at least 4 members (excludes halogenated alkanes) is 2. The number of carboxylic acids is 2. The number of carboxylic acid groups (broad SMARTS) is 2. The average Bonchev–Trinajstić information content (AvgIpc) is 3.82. The van der Waals surface area contributed by atoms with Gasteiger partial charge in [-0.25, -0.2) is 13.6 Å². The Morgan fingerprint density at radius 3 is 1.78 bits per heavy atom. The van der Waals surface area contributed by atoms with Crippen LogP contribution in [0.1, 0.15) is 77.6 Å². The monoisotopic (exact) mass is 843 g/mol. The van der Waals surface area contributed by atoms with Crippen LogP contribution in [0.25, 0.3) is 0 Å². The van der Waals surface area contributed by atoms with Crippen molar-refractivity contribution in [2.75, 3.05) is 19.3 Å². The minimum atomic E-state index is -3.71. The first kappa shape index (κ1) is 47.1. The third-order valence-electron chi connectivity index (χ3n) is 10.9. The van der Waals surface area contributed by atoms with Crippen molar-refractivity contribution < 1.29 is 51.7 Å². The molecule has 2 aliphatic rings. The number of alkyl halides is 4. The lowest BCUT2D eigenvalue weighted by molar-refractivity contribution is -0.165. The maximum absolute atomic E-state index is 14.4. The molecule has 0 unspecified atom stereocenters. The maximum Gasteiger partial charge on any atom is 0.374 e. The molecule has 0 aromatic heterocycles. The van der Waals surface area contributed by atoms with Crippen molar-refractivity contribution in [3.8, 4) is 0 Å². The number of aliphatic carboxylic acids is 2. The van der Waals surface area contributed by atoms with E-state index in [0.29, 0.717) is 19.5 Å². The van der Waals surface area contributed by atoms with Crippen molar-refractivity contribution in [3.63, 3.8) is 0 Å². The van der Waals surface area contributed by atoms with Crippen molar-refractivity contribution in [2.24, 2.45) is 11.8 Å². The van der Waals surface area contributed by atoms with Gasteiger partial charge in [-0.15, -0.1) is 0 Å². The summed E-state index contributed by atoms with van der Waals surface area (Å²) in [5.41, 5.74) is 0. The lowest BCUT2D eigenvalue weighted by Crippen LogP contribution is -2.39. The van der Waals surface area contributed by atoms with Crippen LogP contribution in [0.15, 0.2) is 103 Å². The van der Waals surface area contributed by atoms with Crippen molar-refractivity contribution in [3.05, 3.63) is 103 Å². The molecule has 59 heavy (non-hydrogen) atoms. The molecule has 0 aliphatic carbocycles. The van der Waals surface area contributed by atoms with E-state index in [1.807, 2.05) is 91.0 Å². The molecule has 3 aromatic rings. The molecule has 2 amide bonds. The highest BCUT2D eigenvalue weighted by atomic mass is 31.2. The Labute approximate surface area is 344 Å². The summed E-state index contributed by atoms with van der Waals surface area (Å²) in [6, 6.07) is 29.2. The quantitative estimate of drug-likeness (QED) is 0.0270. The second kappa shape index (κ2) is 22.7. The molecule has 2 fully saturated rings. The van der Waals surface area contributed by atoms with Gasteiger partial charge in [0.1, 0.15) is 36.0 Å². The Morgan fingerprint density at radius 2 is 1.27 bits per heavy atom. The van der Waals surface area contributed by atoms with Gasteiger partial charge in [-0.3, -0.25) is 14.4 Å². The van der Waals surface area contributed by atoms with Gasteiger partial charge in [0.25, 0.3) is 5.92 Å². The Balaban J connectivity index is 0.000000262. The zero-order valence-corrected chi connectivity index (χ0v) is 34.3. The third-order valence-corrected chi connectivity index (χ3v) is 15.3. The van der Waals surface area contributed by atoms with Crippen LogP contribution in [-0.4, -0.2) is 77.3 Å². The maximum atomic E-state index is 14.4. The molecule has 2 saturated heterocycles. The van der Waals surface area contributed by atoms with E-state index in [-0.39, 0.29) is 54.9 Å². The molecule has 14 heteroatoms. The van der Waals surface area contributed by atoms with Gasteiger partial charge in [0.15, 0.2) is 0 Å². The summed E-state index contributed by atoms with van der Waals surface area (Å²) in [6.07, 6.45) is 6.63. The molecule has 0 spiro atoms. The smallest absolute Gasteiger partial charge is 0.374 e. The van der Waals surface area contributed by atoms with Crippen molar-refractivity contribution in [1.82, 2.24) is 10.6 Å². The predicted octanol–water partition coefficient (Wildman–Crippen LogP) is 7.52. The fourth-order valence-corrected chi connectivity index (χ4v) is 12.2. The molecular formula is C45H56F4N2O7P+. The van der Waals surface area contributed by atoms with E-state index >= 15 is 0 Å². The standard InChI is InChI=1S/C23H21F2O2P.C22H34F2N2O5/c24-23(25,18-22(26)27)16-17-28(19-10-4-1-5-11-19,20-12-6-2-7-13-20)21-14-8-3-9-15-21;1-2-3-7-12-25-19(27)13-20(28)26-14-16-15(17-9-10-18(16)31-17)8-5-4-6-11-22(23,24)21(29)30/h1-15H,16-18H2;4-5,15-18H,2-3,6-14H2,1H3,(H,25,27)(H,26,28)(H,29,30)/p+1/b;5-4-/t;15-,16+,17-,18+/m.1/s1. The number of fused-ring (bicyclic) bond motifs is 2. The summed E-state index contributed by atoms with van der Waals surface area (Å²) in [6.45, 7) is 3.07. The van der Waals surface area contributed by atoms with Crippen LogP contribution in [0, 0.1) is 11.8 Å². The highest BCUT2D eigenvalue weighted by Gasteiger charge is 2.49. The van der Waals surface area contributed by atoms with Gasteiger partial charge < -0.3 is 25.6 Å². The number of nitrogens with one attached hydrogen (secondary N) is 2. The van der Waals surface area contributed by atoms with Crippen LogP contribution < -0.4 is 26.5 Å². The Morgan fingerprint density at radius 1 is 0.746 bits per heavy atom. The van der Waals surface area contributed by atoms with Crippen molar-refractivity contribution in [2.45, 2.75) is 102 Å². The SMILES string of the molecule is CCCCCNC(=O)CC(=O)NC[C@H]1[C@@H](C/C=C\CCC(F)(F)C(=O)O)[C@H]2CC[C@@H]1O2.O=C(O)CC(F)(F)CC[P+](c1ccccc1)(c1ccccc1)c1ccccc1. The summed E-state index contributed by atoms with van der Waals surface area (Å²) in [4.78, 5) is 45.3. The van der Waals surface area contributed by atoms with Crippen LogP contribution in [0.3, 0.4) is 0 Å². The second-order valence-corrected chi connectivity index (χ2v) is 18.7. The average molecular weight is 844 g/mol. The molecule has 0 radical (unpaired) electrons. The molecule has 3 aromatic carbocycles. The Bertz CT molecular complexity index is 1720. The molecule has 4 N–H and O–H groups in total. The van der Waals surface area contributed by atoms with Gasteiger partial charge >= 0.3 is 17.9 Å². The number of rotatable bonds is 22. The number of halogens is 4. The highest BCUT2D eigenvalue weighted by molar-refractivity contribution is 7.95. The number of hydrogen-bond donors (Lipinski definition) is 4. The van der Waals surface area contributed by atoms with Crippen molar-refractivity contribution >= 4 is 46.9 Å². The number of hydrogen-bond acceptors (Lipinski definition) is 5. The zero-order chi connectivity index (χ0) is 42.9. The molecule has 4 atom stereocenters. The van der Waals surface area contributed by atoms with E-state index in [9.17, 15) is 36.7 Å². The van der Waals surface area contributed by atoms with Gasteiger partial charge in [-0.05, 0) is 74.4 Å². The van der Waals surface area contributed by atoms with Crippen LogP contribution >= 0.6 is 7.26 Å². The summed E-state index contributed by atoms with van der Waals surface area (Å²) in [5.74, 6) is -10.9. The van der Waals surface area contributed by atoms with Crippen LogP contribution in [0.2, 0.25) is 0 Å². The predicted molar refractivity (Wildman–Crippen MR) is 222 cm³/mol. The second-order valence-electron chi connectivity index (χ2n) is 15.1. The van der Waals surface area contributed by atoms with Crippen LogP contribution in [0.5, 0.6) is 0 Å². The van der Waals surface area contributed by atoms with Gasteiger partial charge in [-0.2, -0.15) is 8.78 Å². The topological polar surface area (TPSA) is 142 Å². The molecule has 2 heterocycles. The number of amides is 2. The highest BCUT2D eigenvalue weighted by Crippen LogP contribution is 2.57. The minimum Gasteiger partial charge on any atom is -0.481 e. The minimum absolute atomic E-state index is 0.0181. The van der Waals surface area contributed by atoms with E-state index in [4.69, 9.17) is 14.9 Å². The van der Waals surface area contributed by atoms with E-state index in [0.717, 1.165) is 48.0 Å². The van der Waals surface area contributed by atoms with Gasteiger partial charge in [-0.1, -0.05) is 86.5 Å². The molecule has 320 valence electrons. The normalized spacial score (nSPS) is 18.9. The van der Waals surface area contributed by atoms with E-state index in [2.05, 4.69) is 17.6 Å². The lowest BCUT2D eigenvalue weighted by atomic mass is 9.77. The first-order chi connectivity index (χ1) is 28.2. The third kappa shape index (κ3) is 14.0. The Kier molecular flexibility index (Phi) is 18.1. The summed E-state index contributed by atoms with van der Waals surface area (Å²) < 4.78 is 61.0. The molecule has 5 rings (SSSR count). The van der Waals surface area contributed by atoms with Crippen LogP contribution in [0.4, 0.5) is 17.6 Å². The molecule has 2 bridgehead atoms. The molecule has 2 aliphatic heterocycles. The summed E-state index contributed by atoms with van der Waals surface area (Å²) in [7, 11) is -2.37.